The van der Waals surface area contributed by atoms with Crippen LogP contribution in [0.3, 0.4) is 0 Å². The van der Waals surface area contributed by atoms with Gasteiger partial charge in [0.25, 0.3) is 0 Å². The Balaban J connectivity index is 1.55. The first-order valence-corrected chi connectivity index (χ1v) is 9.21. The Bertz CT molecular complexity index is 778. The van der Waals surface area contributed by atoms with E-state index >= 15 is 0 Å². The Morgan fingerprint density at radius 2 is 1.88 bits per heavy atom. The van der Waals surface area contributed by atoms with E-state index < -0.39 is 0 Å². The molecular weight excluding hydrogens is 310 g/mol. The Kier molecular flexibility index (Phi) is 4.24. The van der Waals surface area contributed by atoms with Crippen LogP contribution in [0.1, 0.15) is 41.1 Å². The maximum absolute atomic E-state index is 13.2. The lowest BCUT2D eigenvalue weighted by molar-refractivity contribution is -0.137. The second-order valence-corrected chi connectivity index (χ2v) is 7.43. The molecule has 1 amide bonds. The van der Waals surface area contributed by atoms with Gasteiger partial charge in [0, 0.05) is 6.54 Å². The van der Waals surface area contributed by atoms with Crippen LogP contribution in [0, 0.1) is 19.8 Å². The van der Waals surface area contributed by atoms with Crippen LogP contribution in [0.15, 0.2) is 42.5 Å². The molecule has 2 unspecified atom stereocenters. The largest absolute Gasteiger partial charge is 0.492 e. The molecule has 2 atom stereocenters. The van der Waals surface area contributed by atoms with E-state index in [1.807, 2.05) is 18.2 Å². The number of likely N-dealkylation sites (tertiary alicyclic amines) is 1. The third-order valence-electron chi connectivity index (χ3n) is 5.39. The Morgan fingerprint density at radius 1 is 1.12 bits per heavy atom. The Labute approximate surface area is 149 Å². The summed E-state index contributed by atoms with van der Waals surface area (Å²) in [5.41, 5.74) is 4.96. The summed E-state index contributed by atoms with van der Waals surface area (Å²) in [4.78, 5) is 15.3. The number of nitrogens with zero attached hydrogens (tertiary/aromatic N) is 1. The summed E-state index contributed by atoms with van der Waals surface area (Å²) >= 11 is 0. The molecule has 0 bridgehead atoms. The molecule has 0 saturated carbocycles. The van der Waals surface area contributed by atoms with E-state index in [0.717, 1.165) is 37.1 Å². The SMILES string of the molecule is Cc1cc(C)cc(C2CCCN2C(=O)C2COc3ccccc3C2)c1. The first-order chi connectivity index (χ1) is 12.1. The number of ether oxygens (including phenoxy) is 1. The topological polar surface area (TPSA) is 29.5 Å². The predicted molar refractivity (Wildman–Crippen MR) is 98.7 cm³/mol. The van der Waals surface area contributed by atoms with Gasteiger partial charge in [-0.2, -0.15) is 0 Å². The van der Waals surface area contributed by atoms with Crippen molar-refractivity contribution in [1.82, 2.24) is 4.90 Å². The molecule has 2 aromatic rings. The molecule has 1 saturated heterocycles. The maximum atomic E-state index is 13.2. The highest BCUT2D eigenvalue weighted by molar-refractivity contribution is 5.80. The van der Waals surface area contributed by atoms with Crippen LogP contribution in [-0.2, 0) is 11.2 Å². The highest BCUT2D eigenvalue weighted by Crippen LogP contribution is 2.36. The lowest BCUT2D eigenvalue weighted by atomic mass is 9.94. The molecule has 2 aliphatic rings. The van der Waals surface area contributed by atoms with Crippen molar-refractivity contribution in [2.45, 2.75) is 39.2 Å². The molecule has 0 aliphatic carbocycles. The molecule has 130 valence electrons. The van der Waals surface area contributed by atoms with Gasteiger partial charge >= 0.3 is 0 Å². The van der Waals surface area contributed by atoms with Crippen LogP contribution in [0.5, 0.6) is 5.75 Å². The first-order valence-electron chi connectivity index (χ1n) is 9.21. The quantitative estimate of drug-likeness (QED) is 0.822. The summed E-state index contributed by atoms with van der Waals surface area (Å²) < 4.78 is 5.85. The van der Waals surface area contributed by atoms with E-state index in [1.165, 1.54) is 16.7 Å². The molecule has 3 nitrogen and oxygen atoms in total. The summed E-state index contributed by atoms with van der Waals surface area (Å²) in [5, 5.41) is 0. The number of fused-ring (bicyclic) bond motifs is 1. The van der Waals surface area contributed by atoms with Crippen molar-refractivity contribution in [3.05, 3.63) is 64.7 Å². The van der Waals surface area contributed by atoms with E-state index in [4.69, 9.17) is 4.74 Å². The van der Waals surface area contributed by atoms with Gasteiger partial charge in [-0.05, 0) is 50.3 Å². The van der Waals surface area contributed by atoms with Crippen molar-refractivity contribution < 1.29 is 9.53 Å². The monoisotopic (exact) mass is 335 g/mol. The smallest absolute Gasteiger partial charge is 0.229 e. The minimum atomic E-state index is -0.0681. The van der Waals surface area contributed by atoms with Crippen molar-refractivity contribution in [2.24, 2.45) is 5.92 Å². The highest BCUT2D eigenvalue weighted by atomic mass is 16.5. The van der Waals surface area contributed by atoms with Crippen molar-refractivity contribution in [2.75, 3.05) is 13.2 Å². The Hall–Kier alpha value is -2.29. The standard InChI is InChI=1S/C22H25NO2/c1-15-10-16(2)12-18(11-15)20-7-5-9-23(20)22(24)19-13-17-6-3-4-8-21(17)25-14-19/h3-4,6,8,10-12,19-20H,5,7,9,13-14H2,1-2H3. The number of amides is 1. The number of hydrogen-bond donors (Lipinski definition) is 0. The first kappa shape index (κ1) is 16.2. The predicted octanol–water partition coefficient (Wildman–Crippen LogP) is 4.22. The van der Waals surface area contributed by atoms with Crippen molar-refractivity contribution >= 4 is 5.91 Å². The fourth-order valence-corrected chi connectivity index (χ4v) is 4.30. The number of aryl methyl sites for hydroxylation is 2. The maximum Gasteiger partial charge on any atom is 0.229 e. The summed E-state index contributed by atoms with van der Waals surface area (Å²) in [6.45, 7) is 5.60. The summed E-state index contributed by atoms with van der Waals surface area (Å²) in [6, 6.07) is 14.9. The molecule has 2 aromatic carbocycles. The van der Waals surface area contributed by atoms with E-state index in [9.17, 15) is 4.79 Å². The van der Waals surface area contributed by atoms with E-state index in [2.05, 4.69) is 43.0 Å². The minimum Gasteiger partial charge on any atom is -0.492 e. The van der Waals surface area contributed by atoms with Crippen LogP contribution in [0.2, 0.25) is 0 Å². The van der Waals surface area contributed by atoms with Crippen LogP contribution >= 0.6 is 0 Å². The van der Waals surface area contributed by atoms with Gasteiger partial charge in [0.2, 0.25) is 5.91 Å². The average Bonchev–Trinajstić information content (AvgIpc) is 3.09. The van der Waals surface area contributed by atoms with Gasteiger partial charge in [-0.3, -0.25) is 4.79 Å². The van der Waals surface area contributed by atoms with Gasteiger partial charge in [-0.1, -0.05) is 47.5 Å². The third-order valence-corrected chi connectivity index (χ3v) is 5.39. The zero-order valence-corrected chi connectivity index (χ0v) is 15.0. The van der Waals surface area contributed by atoms with Crippen molar-refractivity contribution in [1.29, 1.82) is 0 Å². The van der Waals surface area contributed by atoms with Gasteiger partial charge in [-0.25, -0.2) is 0 Å². The lowest BCUT2D eigenvalue weighted by Gasteiger charge is -2.32. The van der Waals surface area contributed by atoms with E-state index in [-0.39, 0.29) is 17.9 Å². The van der Waals surface area contributed by atoms with Gasteiger partial charge in [0.05, 0.1) is 12.0 Å². The molecule has 0 spiro atoms. The second-order valence-electron chi connectivity index (χ2n) is 7.43. The van der Waals surface area contributed by atoms with Gasteiger partial charge in [-0.15, -0.1) is 0 Å². The van der Waals surface area contributed by atoms with Crippen LogP contribution in [-0.4, -0.2) is 24.0 Å². The number of carbonyl (C=O) groups excluding carboxylic acids is 1. The molecule has 0 radical (unpaired) electrons. The fourth-order valence-electron chi connectivity index (χ4n) is 4.30. The van der Waals surface area contributed by atoms with Gasteiger partial charge < -0.3 is 9.64 Å². The van der Waals surface area contributed by atoms with E-state index in [1.54, 1.807) is 0 Å². The number of para-hydroxylation sites is 1. The number of hydrogen-bond acceptors (Lipinski definition) is 2. The van der Waals surface area contributed by atoms with Gasteiger partial charge in [0.1, 0.15) is 12.4 Å². The van der Waals surface area contributed by atoms with Gasteiger partial charge in [0.15, 0.2) is 0 Å². The van der Waals surface area contributed by atoms with Crippen LogP contribution in [0.4, 0.5) is 0 Å². The van der Waals surface area contributed by atoms with Crippen LogP contribution < -0.4 is 4.74 Å². The molecule has 4 rings (SSSR count). The molecule has 3 heteroatoms. The molecule has 25 heavy (non-hydrogen) atoms. The second kappa shape index (κ2) is 6.55. The molecule has 2 aliphatic heterocycles. The lowest BCUT2D eigenvalue weighted by Crippen LogP contribution is -2.40. The normalized spacial score (nSPS) is 22.4. The van der Waals surface area contributed by atoms with E-state index in [0.29, 0.717) is 6.61 Å². The zero-order chi connectivity index (χ0) is 17.4. The number of benzene rings is 2. The molecule has 0 aromatic heterocycles. The molecule has 0 N–H and O–H groups in total. The Morgan fingerprint density at radius 3 is 2.68 bits per heavy atom. The average molecular weight is 335 g/mol. The van der Waals surface area contributed by atoms with Crippen molar-refractivity contribution in [3.8, 4) is 5.75 Å². The number of rotatable bonds is 2. The fraction of sp³-hybridized carbons (Fsp3) is 0.409. The number of carbonyl (C=O) groups is 1. The highest BCUT2D eigenvalue weighted by Gasteiger charge is 2.36. The third kappa shape index (κ3) is 3.15. The molecular formula is C22H25NO2. The zero-order valence-electron chi connectivity index (χ0n) is 15.0. The van der Waals surface area contributed by atoms with Crippen LogP contribution in [0.25, 0.3) is 0 Å². The minimum absolute atomic E-state index is 0.0681. The summed E-state index contributed by atoms with van der Waals surface area (Å²) in [5.74, 6) is 1.11. The molecule has 1 fully saturated rings. The summed E-state index contributed by atoms with van der Waals surface area (Å²) in [6.07, 6.45) is 2.91. The van der Waals surface area contributed by atoms with Crippen molar-refractivity contribution in [3.63, 3.8) is 0 Å². The molecule has 2 heterocycles. The summed E-state index contributed by atoms with van der Waals surface area (Å²) in [7, 11) is 0.